The third-order valence-electron chi connectivity index (χ3n) is 4.02. The second-order valence-corrected chi connectivity index (χ2v) is 5.64. The fraction of sp³-hybridized carbons (Fsp3) is 0.562. The van der Waals surface area contributed by atoms with Crippen LogP contribution in [0.1, 0.15) is 67.3 Å². The molecule has 0 spiro atoms. The number of amides is 1. The molecular weight excluding hydrogens is 282 g/mol. The van der Waals surface area contributed by atoms with Crippen LogP contribution < -0.4 is 0 Å². The topological polar surface area (TPSA) is 72.4 Å². The Kier molecular flexibility index (Phi) is 4.56. The highest BCUT2D eigenvalue weighted by molar-refractivity contribution is 5.91. The van der Waals surface area contributed by atoms with Crippen LogP contribution >= 0.6 is 0 Å². The molecule has 1 amide bonds. The van der Waals surface area contributed by atoms with Crippen molar-refractivity contribution < 1.29 is 13.7 Å². The Bertz CT molecular complexity index is 606. The van der Waals surface area contributed by atoms with Gasteiger partial charge in [0.05, 0.1) is 6.26 Å². The maximum absolute atomic E-state index is 12.6. The molecule has 118 valence electrons. The number of rotatable bonds is 5. The molecule has 3 rings (SSSR count). The summed E-state index contributed by atoms with van der Waals surface area (Å²) >= 11 is 0. The van der Waals surface area contributed by atoms with Crippen molar-refractivity contribution in [3.05, 3.63) is 35.9 Å². The molecule has 22 heavy (non-hydrogen) atoms. The normalized spacial score (nSPS) is 18.6. The van der Waals surface area contributed by atoms with E-state index in [0.717, 1.165) is 44.3 Å². The minimum atomic E-state index is -0.144. The van der Waals surface area contributed by atoms with Crippen LogP contribution in [0.2, 0.25) is 0 Å². The summed E-state index contributed by atoms with van der Waals surface area (Å²) in [6.45, 7) is 2.82. The first kappa shape index (κ1) is 14.8. The van der Waals surface area contributed by atoms with Gasteiger partial charge in [-0.3, -0.25) is 4.79 Å². The molecule has 0 aliphatic carbocycles. The molecular formula is C16H21N3O3. The van der Waals surface area contributed by atoms with Gasteiger partial charge < -0.3 is 13.8 Å². The summed E-state index contributed by atoms with van der Waals surface area (Å²) in [6, 6.07) is 3.27. The maximum atomic E-state index is 12.6. The molecule has 0 bridgehead atoms. The van der Waals surface area contributed by atoms with Gasteiger partial charge in [-0.1, -0.05) is 18.5 Å². The minimum Gasteiger partial charge on any atom is -0.459 e. The molecule has 0 N–H and O–H groups in total. The lowest BCUT2D eigenvalue weighted by Crippen LogP contribution is -2.38. The van der Waals surface area contributed by atoms with Crippen molar-refractivity contribution in [3.63, 3.8) is 0 Å². The van der Waals surface area contributed by atoms with Gasteiger partial charge in [0, 0.05) is 13.0 Å². The van der Waals surface area contributed by atoms with Gasteiger partial charge in [-0.2, -0.15) is 4.98 Å². The van der Waals surface area contributed by atoms with Crippen LogP contribution in [0, 0.1) is 0 Å². The van der Waals surface area contributed by atoms with E-state index >= 15 is 0 Å². The van der Waals surface area contributed by atoms with Crippen molar-refractivity contribution >= 4 is 5.91 Å². The maximum Gasteiger partial charge on any atom is 0.290 e. The number of hydrogen-bond donors (Lipinski definition) is 0. The lowest BCUT2D eigenvalue weighted by atomic mass is 10.0. The SMILES string of the molecule is CCCCc1noc(C2CCCCN2C(=O)c2ccco2)n1. The van der Waals surface area contributed by atoms with Gasteiger partial charge >= 0.3 is 0 Å². The lowest BCUT2D eigenvalue weighted by Gasteiger charge is -2.32. The predicted octanol–water partition coefficient (Wildman–Crippen LogP) is 3.37. The summed E-state index contributed by atoms with van der Waals surface area (Å²) in [5.41, 5.74) is 0. The van der Waals surface area contributed by atoms with Crippen LogP contribution in [-0.4, -0.2) is 27.5 Å². The number of hydrogen-bond acceptors (Lipinski definition) is 5. The van der Waals surface area contributed by atoms with Crippen LogP contribution in [0.15, 0.2) is 27.3 Å². The number of carbonyl (C=O) groups excluding carboxylic acids is 1. The Morgan fingerprint density at radius 2 is 2.36 bits per heavy atom. The van der Waals surface area contributed by atoms with E-state index in [4.69, 9.17) is 8.94 Å². The smallest absolute Gasteiger partial charge is 0.290 e. The number of aromatic nitrogens is 2. The van der Waals surface area contributed by atoms with Crippen LogP contribution in [0.25, 0.3) is 0 Å². The third kappa shape index (κ3) is 3.05. The summed E-state index contributed by atoms with van der Waals surface area (Å²) in [5.74, 6) is 1.53. The number of likely N-dealkylation sites (tertiary alicyclic amines) is 1. The fourth-order valence-corrected chi connectivity index (χ4v) is 2.81. The van der Waals surface area contributed by atoms with Crippen LogP contribution in [0.3, 0.4) is 0 Å². The molecule has 1 atom stereocenters. The largest absolute Gasteiger partial charge is 0.459 e. The van der Waals surface area contributed by atoms with Gasteiger partial charge in [-0.25, -0.2) is 0 Å². The number of carbonyl (C=O) groups is 1. The van der Waals surface area contributed by atoms with Gasteiger partial charge in [-0.05, 0) is 37.8 Å². The number of furan rings is 1. The molecule has 1 aliphatic rings. The van der Waals surface area contributed by atoms with Gasteiger partial charge in [0.15, 0.2) is 11.6 Å². The molecule has 0 radical (unpaired) electrons. The molecule has 1 aliphatic heterocycles. The molecule has 2 aromatic heterocycles. The zero-order chi connectivity index (χ0) is 15.4. The Labute approximate surface area is 129 Å². The van der Waals surface area contributed by atoms with E-state index in [0.29, 0.717) is 18.2 Å². The summed E-state index contributed by atoms with van der Waals surface area (Å²) in [5, 5.41) is 4.04. The molecule has 1 fully saturated rings. The van der Waals surface area contributed by atoms with Gasteiger partial charge in [0.25, 0.3) is 5.91 Å². The van der Waals surface area contributed by atoms with Crippen molar-refractivity contribution in [2.45, 2.75) is 51.5 Å². The molecule has 0 saturated carbocycles. The summed E-state index contributed by atoms with van der Waals surface area (Å²) in [4.78, 5) is 18.8. The molecule has 3 heterocycles. The first-order chi connectivity index (χ1) is 10.8. The standard InChI is InChI=1S/C16H21N3O3/c1-2-3-9-14-17-15(22-18-14)12-7-4-5-10-19(12)16(20)13-8-6-11-21-13/h6,8,11-12H,2-5,7,9-10H2,1H3. The van der Waals surface area contributed by atoms with E-state index in [-0.39, 0.29) is 11.9 Å². The Morgan fingerprint density at radius 1 is 1.45 bits per heavy atom. The van der Waals surface area contributed by atoms with E-state index in [2.05, 4.69) is 17.1 Å². The predicted molar refractivity (Wildman–Crippen MR) is 79.2 cm³/mol. The van der Waals surface area contributed by atoms with Crippen molar-refractivity contribution in [1.29, 1.82) is 0 Å². The van der Waals surface area contributed by atoms with Crippen molar-refractivity contribution in [3.8, 4) is 0 Å². The van der Waals surface area contributed by atoms with Crippen LogP contribution in [0.4, 0.5) is 0 Å². The Morgan fingerprint density at radius 3 is 3.14 bits per heavy atom. The lowest BCUT2D eigenvalue weighted by molar-refractivity contribution is 0.0529. The third-order valence-corrected chi connectivity index (χ3v) is 4.02. The molecule has 1 saturated heterocycles. The summed E-state index contributed by atoms with van der Waals surface area (Å²) < 4.78 is 10.6. The van der Waals surface area contributed by atoms with E-state index in [1.165, 1.54) is 6.26 Å². The first-order valence-corrected chi connectivity index (χ1v) is 7.96. The van der Waals surface area contributed by atoms with E-state index in [1.54, 1.807) is 17.0 Å². The average molecular weight is 303 g/mol. The van der Waals surface area contributed by atoms with Gasteiger partial charge in [0.1, 0.15) is 6.04 Å². The highest BCUT2D eigenvalue weighted by Crippen LogP contribution is 2.31. The zero-order valence-corrected chi connectivity index (χ0v) is 12.8. The first-order valence-electron chi connectivity index (χ1n) is 7.96. The van der Waals surface area contributed by atoms with Crippen molar-refractivity contribution in [2.24, 2.45) is 0 Å². The van der Waals surface area contributed by atoms with E-state index in [1.807, 2.05) is 0 Å². The summed E-state index contributed by atoms with van der Waals surface area (Å²) in [6.07, 6.45) is 7.36. The molecule has 1 unspecified atom stereocenters. The van der Waals surface area contributed by atoms with Gasteiger partial charge in [-0.15, -0.1) is 0 Å². The quantitative estimate of drug-likeness (QED) is 0.846. The fourth-order valence-electron chi connectivity index (χ4n) is 2.81. The average Bonchev–Trinajstić information content (AvgIpc) is 3.24. The Balaban J connectivity index is 1.77. The number of piperidine rings is 1. The number of nitrogens with zero attached hydrogens (tertiary/aromatic N) is 3. The van der Waals surface area contributed by atoms with Crippen molar-refractivity contribution in [2.75, 3.05) is 6.54 Å². The van der Waals surface area contributed by atoms with E-state index < -0.39 is 0 Å². The van der Waals surface area contributed by atoms with Crippen LogP contribution in [-0.2, 0) is 6.42 Å². The Hall–Kier alpha value is -2.11. The monoisotopic (exact) mass is 303 g/mol. The van der Waals surface area contributed by atoms with Gasteiger partial charge in [0.2, 0.25) is 5.89 Å². The van der Waals surface area contributed by atoms with E-state index in [9.17, 15) is 4.79 Å². The zero-order valence-electron chi connectivity index (χ0n) is 12.8. The number of aryl methyl sites for hydroxylation is 1. The summed E-state index contributed by atoms with van der Waals surface area (Å²) in [7, 11) is 0. The highest BCUT2D eigenvalue weighted by Gasteiger charge is 2.33. The second kappa shape index (κ2) is 6.77. The second-order valence-electron chi connectivity index (χ2n) is 5.64. The van der Waals surface area contributed by atoms with Crippen LogP contribution in [0.5, 0.6) is 0 Å². The van der Waals surface area contributed by atoms with Crippen molar-refractivity contribution in [1.82, 2.24) is 15.0 Å². The molecule has 6 heteroatoms. The highest BCUT2D eigenvalue weighted by atomic mass is 16.5. The molecule has 2 aromatic rings. The molecule has 0 aromatic carbocycles. The molecule has 6 nitrogen and oxygen atoms in total. The minimum absolute atomic E-state index is 0.108. The number of unbranched alkanes of at least 4 members (excludes halogenated alkanes) is 1.